The molecule has 1 aromatic carbocycles. The van der Waals surface area contributed by atoms with Crippen LogP contribution in [0.15, 0.2) is 18.2 Å². The molecule has 2 aromatic rings. The van der Waals surface area contributed by atoms with Crippen LogP contribution < -0.4 is 4.74 Å². The Bertz CT molecular complexity index is 579. The van der Waals surface area contributed by atoms with E-state index in [2.05, 4.69) is 10.2 Å². The highest BCUT2D eigenvalue weighted by atomic mass is 35.5. The predicted octanol–water partition coefficient (Wildman–Crippen LogP) is 3.34. The summed E-state index contributed by atoms with van der Waals surface area (Å²) in [6.07, 6.45) is 0. The molecule has 0 spiro atoms. The summed E-state index contributed by atoms with van der Waals surface area (Å²) in [7, 11) is 0. The number of benzene rings is 1. The fourth-order valence-corrected chi connectivity index (χ4v) is 1.65. The average Bonchev–Trinajstić information content (AvgIpc) is 2.62. The zero-order valence-corrected chi connectivity index (χ0v) is 10.2. The Hall–Kier alpha value is -1.99. The molecule has 0 fully saturated rings. The second-order valence-electron chi connectivity index (χ2n) is 3.62. The number of H-pyrrole nitrogens is 1. The molecule has 2 rings (SSSR count). The molecule has 1 heterocycles. The maximum atomic E-state index is 9.00. The van der Waals surface area contributed by atoms with Crippen molar-refractivity contribution in [3.05, 3.63) is 40.2 Å². The average molecular weight is 248 g/mol. The number of nitrogens with zero attached hydrogens (tertiary/aromatic N) is 2. The summed E-state index contributed by atoms with van der Waals surface area (Å²) in [4.78, 5) is 0. The quantitative estimate of drug-likeness (QED) is 0.885. The van der Waals surface area contributed by atoms with Gasteiger partial charge in [-0.2, -0.15) is 10.4 Å². The number of nitrogens with one attached hydrogen (secondary N) is 1. The Balaban J connectivity index is 2.40. The molecule has 1 N–H and O–H groups in total. The first kappa shape index (κ1) is 11.5. The molecule has 0 aliphatic rings. The van der Waals surface area contributed by atoms with Crippen molar-refractivity contribution in [3.63, 3.8) is 0 Å². The third-order valence-corrected chi connectivity index (χ3v) is 2.57. The standard InChI is InChI=1S/C12H10ClN3O/c1-7-12(8(2)16-15-7)17-11-4-3-10(13)5-9(11)6-14/h3-5H,1-2H3,(H,15,16). The van der Waals surface area contributed by atoms with Crippen molar-refractivity contribution in [2.24, 2.45) is 0 Å². The number of halogens is 1. The Morgan fingerprint density at radius 3 is 2.76 bits per heavy atom. The van der Waals surface area contributed by atoms with E-state index in [9.17, 15) is 0 Å². The van der Waals surface area contributed by atoms with E-state index in [1.165, 1.54) is 0 Å². The second kappa shape index (κ2) is 4.48. The molecule has 1 aromatic heterocycles. The van der Waals surface area contributed by atoms with Gasteiger partial charge in [-0.05, 0) is 32.0 Å². The molecule has 86 valence electrons. The van der Waals surface area contributed by atoms with Crippen LogP contribution >= 0.6 is 11.6 Å². The molecular weight excluding hydrogens is 238 g/mol. The summed E-state index contributed by atoms with van der Waals surface area (Å²) in [6.45, 7) is 3.69. The normalized spacial score (nSPS) is 10.0. The molecule has 17 heavy (non-hydrogen) atoms. The molecule has 0 saturated carbocycles. The van der Waals surface area contributed by atoms with E-state index in [1.54, 1.807) is 18.2 Å². The lowest BCUT2D eigenvalue weighted by atomic mass is 10.2. The molecule has 0 radical (unpaired) electrons. The summed E-state index contributed by atoms with van der Waals surface area (Å²) in [6, 6.07) is 6.98. The van der Waals surface area contributed by atoms with E-state index in [1.807, 2.05) is 19.9 Å². The lowest BCUT2D eigenvalue weighted by Gasteiger charge is -2.07. The molecule has 0 aliphatic carbocycles. The van der Waals surface area contributed by atoms with Crippen LogP contribution in [0.4, 0.5) is 0 Å². The van der Waals surface area contributed by atoms with Crippen molar-refractivity contribution in [2.75, 3.05) is 0 Å². The Labute approximate surface area is 104 Å². The Morgan fingerprint density at radius 1 is 1.41 bits per heavy atom. The van der Waals surface area contributed by atoms with Gasteiger partial charge in [0, 0.05) is 5.02 Å². The van der Waals surface area contributed by atoms with E-state index in [0.717, 1.165) is 11.4 Å². The van der Waals surface area contributed by atoms with E-state index in [4.69, 9.17) is 21.6 Å². The fraction of sp³-hybridized carbons (Fsp3) is 0.167. The maximum absolute atomic E-state index is 9.00. The fourth-order valence-electron chi connectivity index (χ4n) is 1.48. The number of nitriles is 1. The summed E-state index contributed by atoms with van der Waals surface area (Å²) in [5, 5.41) is 16.4. The monoisotopic (exact) mass is 247 g/mol. The van der Waals surface area contributed by atoms with Gasteiger partial charge >= 0.3 is 0 Å². The SMILES string of the molecule is Cc1n[nH]c(C)c1Oc1ccc(Cl)cc1C#N. The molecule has 5 heteroatoms. The lowest BCUT2D eigenvalue weighted by molar-refractivity contribution is 0.474. The van der Waals surface area contributed by atoms with E-state index < -0.39 is 0 Å². The summed E-state index contributed by atoms with van der Waals surface area (Å²) in [5.41, 5.74) is 1.97. The van der Waals surface area contributed by atoms with Crippen molar-refractivity contribution < 1.29 is 4.74 Å². The van der Waals surface area contributed by atoms with Gasteiger partial charge < -0.3 is 4.74 Å². The van der Waals surface area contributed by atoms with Gasteiger partial charge in [0.1, 0.15) is 17.5 Å². The van der Waals surface area contributed by atoms with Crippen LogP contribution in [-0.4, -0.2) is 10.2 Å². The molecule has 0 unspecified atom stereocenters. The van der Waals surface area contributed by atoms with Gasteiger partial charge in [-0.15, -0.1) is 0 Å². The van der Waals surface area contributed by atoms with Crippen LogP contribution in [0.5, 0.6) is 11.5 Å². The number of ether oxygens (including phenoxy) is 1. The van der Waals surface area contributed by atoms with Crippen LogP contribution in [0.3, 0.4) is 0 Å². The van der Waals surface area contributed by atoms with E-state index in [0.29, 0.717) is 22.1 Å². The number of aromatic amines is 1. The second-order valence-corrected chi connectivity index (χ2v) is 4.05. The Kier molecular flexibility index (Phi) is 3.03. The highest BCUT2D eigenvalue weighted by Gasteiger charge is 2.11. The largest absolute Gasteiger partial charge is 0.452 e. The van der Waals surface area contributed by atoms with Crippen molar-refractivity contribution >= 4 is 11.6 Å². The molecular formula is C12H10ClN3O. The first-order valence-electron chi connectivity index (χ1n) is 5.01. The van der Waals surface area contributed by atoms with Crippen LogP contribution in [-0.2, 0) is 0 Å². The van der Waals surface area contributed by atoms with Gasteiger partial charge in [-0.25, -0.2) is 0 Å². The number of hydrogen-bond acceptors (Lipinski definition) is 3. The highest BCUT2D eigenvalue weighted by Crippen LogP contribution is 2.30. The van der Waals surface area contributed by atoms with Gasteiger partial charge in [-0.3, -0.25) is 5.10 Å². The van der Waals surface area contributed by atoms with Crippen molar-refractivity contribution in [3.8, 4) is 17.6 Å². The summed E-state index contributed by atoms with van der Waals surface area (Å²) >= 11 is 5.81. The van der Waals surface area contributed by atoms with Gasteiger partial charge in [0.05, 0.1) is 11.3 Å². The number of hydrogen-bond donors (Lipinski definition) is 1. The van der Waals surface area contributed by atoms with Gasteiger partial charge in [-0.1, -0.05) is 11.6 Å². The molecule has 0 saturated heterocycles. The number of aryl methyl sites for hydroxylation is 2. The van der Waals surface area contributed by atoms with E-state index in [-0.39, 0.29) is 0 Å². The van der Waals surface area contributed by atoms with Crippen LogP contribution in [0.1, 0.15) is 17.0 Å². The third kappa shape index (κ3) is 2.24. The maximum Gasteiger partial charge on any atom is 0.170 e. The van der Waals surface area contributed by atoms with E-state index >= 15 is 0 Å². The number of aromatic nitrogens is 2. The molecule has 4 nitrogen and oxygen atoms in total. The third-order valence-electron chi connectivity index (χ3n) is 2.33. The first-order chi connectivity index (χ1) is 8.11. The minimum Gasteiger partial charge on any atom is -0.452 e. The summed E-state index contributed by atoms with van der Waals surface area (Å²) < 4.78 is 5.68. The van der Waals surface area contributed by atoms with Crippen LogP contribution in [0.25, 0.3) is 0 Å². The minimum atomic E-state index is 0.400. The summed E-state index contributed by atoms with van der Waals surface area (Å²) in [5.74, 6) is 1.12. The van der Waals surface area contributed by atoms with Crippen LogP contribution in [0.2, 0.25) is 5.02 Å². The van der Waals surface area contributed by atoms with Gasteiger partial charge in [0.15, 0.2) is 5.75 Å². The number of rotatable bonds is 2. The molecule has 0 amide bonds. The minimum absolute atomic E-state index is 0.400. The molecule has 0 aliphatic heterocycles. The first-order valence-corrected chi connectivity index (χ1v) is 5.38. The Morgan fingerprint density at radius 2 is 2.18 bits per heavy atom. The smallest absolute Gasteiger partial charge is 0.170 e. The van der Waals surface area contributed by atoms with Crippen molar-refractivity contribution in [1.82, 2.24) is 10.2 Å². The molecule has 0 bridgehead atoms. The molecule has 0 atom stereocenters. The van der Waals surface area contributed by atoms with Crippen LogP contribution in [0, 0.1) is 25.2 Å². The zero-order valence-electron chi connectivity index (χ0n) is 9.41. The van der Waals surface area contributed by atoms with Crippen molar-refractivity contribution in [1.29, 1.82) is 5.26 Å². The zero-order chi connectivity index (χ0) is 12.4. The highest BCUT2D eigenvalue weighted by molar-refractivity contribution is 6.30. The topological polar surface area (TPSA) is 61.7 Å². The predicted molar refractivity (Wildman–Crippen MR) is 64.3 cm³/mol. The van der Waals surface area contributed by atoms with Crippen molar-refractivity contribution in [2.45, 2.75) is 13.8 Å². The van der Waals surface area contributed by atoms with Gasteiger partial charge in [0.2, 0.25) is 0 Å². The van der Waals surface area contributed by atoms with Gasteiger partial charge in [0.25, 0.3) is 0 Å². The lowest BCUT2D eigenvalue weighted by Crippen LogP contribution is -1.90.